The average Bonchev–Trinajstić information content (AvgIpc) is 3.12. The predicted molar refractivity (Wildman–Crippen MR) is 63.2 cm³/mol. The minimum atomic E-state index is -0.559. The van der Waals surface area contributed by atoms with Crippen LogP contribution in [0.25, 0.3) is 0 Å². The SMILES string of the molecule is O=C(c1ccoc1)N1CC[C@@]23OCCN2C(=O)C[C@@H]13. The largest absolute Gasteiger partial charge is 0.472 e. The van der Waals surface area contributed by atoms with Crippen LogP contribution >= 0.6 is 0 Å². The van der Waals surface area contributed by atoms with E-state index < -0.39 is 5.72 Å². The summed E-state index contributed by atoms with van der Waals surface area (Å²) in [6.45, 7) is 1.83. The maximum absolute atomic E-state index is 12.4. The predicted octanol–water partition coefficient (Wildman–Crippen LogP) is 0.453. The summed E-state index contributed by atoms with van der Waals surface area (Å²) >= 11 is 0. The van der Waals surface area contributed by atoms with Crippen LogP contribution in [0.2, 0.25) is 0 Å². The van der Waals surface area contributed by atoms with E-state index in [1.807, 2.05) is 0 Å². The number of furan rings is 1. The summed E-state index contributed by atoms with van der Waals surface area (Å²) in [5, 5.41) is 0. The number of amides is 2. The maximum Gasteiger partial charge on any atom is 0.257 e. The molecular weight excluding hydrogens is 248 g/mol. The summed E-state index contributed by atoms with van der Waals surface area (Å²) in [7, 11) is 0. The molecule has 1 aromatic rings. The highest BCUT2D eigenvalue weighted by Gasteiger charge is 2.62. The molecule has 2 amide bonds. The first-order valence-electron chi connectivity index (χ1n) is 6.50. The van der Waals surface area contributed by atoms with Crippen LogP contribution in [0.5, 0.6) is 0 Å². The van der Waals surface area contributed by atoms with Crippen molar-refractivity contribution in [3.05, 3.63) is 24.2 Å². The van der Waals surface area contributed by atoms with Crippen molar-refractivity contribution in [1.29, 1.82) is 0 Å². The fourth-order valence-electron chi connectivity index (χ4n) is 3.59. The Hall–Kier alpha value is -1.82. The Balaban J connectivity index is 1.67. The van der Waals surface area contributed by atoms with Crippen LogP contribution in [0, 0.1) is 0 Å². The summed E-state index contributed by atoms with van der Waals surface area (Å²) in [6.07, 6.45) is 3.99. The van der Waals surface area contributed by atoms with Crippen LogP contribution in [0.15, 0.2) is 23.0 Å². The number of nitrogens with zero attached hydrogens (tertiary/aromatic N) is 2. The minimum absolute atomic E-state index is 0.0826. The molecule has 100 valence electrons. The Kier molecular flexibility index (Phi) is 2.09. The molecule has 1 aromatic heterocycles. The quantitative estimate of drug-likeness (QED) is 0.737. The smallest absolute Gasteiger partial charge is 0.257 e. The average molecular weight is 262 g/mol. The second kappa shape index (κ2) is 3.60. The second-order valence-corrected chi connectivity index (χ2v) is 5.22. The summed E-state index contributed by atoms with van der Waals surface area (Å²) in [6, 6.07) is 1.49. The van der Waals surface area contributed by atoms with Gasteiger partial charge in [-0.1, -0.05) is 0 Å². The van der Waals surface area contributed by atoms with Gasteiger partial charge in [-0.2, -0.15) is 0 Å². The highest BCUT2D eigenvalue weighted by atomic mass is 16.5. The molecule has 0 aliphatic carbocycles. The molecule has 3 aliphatic heterocycles. The van der Waals surface area contributed by atoms with Gasteiger partial charge in [0.05, 0.1) is 30.9 Å². The molecule has 0 radical (unpaired) electrons. The Bertz CT molecular complexity index is 541. The van der Waals surface area contributed by atoms with Gasteiger partial charge in [0.25, 0.3) is 5.91 Å². The Labute approximate surface area is 109 Å². The Morgan fingerprint density at radius 3 is 3.11 bits per heavy atom. The van der Waals surface area contributed by atoms with E-state index in [2.05, 4.69) is 0 Å². The molecule has 3 fully saturated rings. The van der Waals surface area contributed by atoms with Gasteiger partial charge in [-0.15, -0.1) is 0 Å². The minimum Gasteiger partial charge on any atom is -0.472 e. The molecule has 0 bridgehead atoms. The van der Waals surface area contributed by atoms with Crippen LogP contribution in [0.1, 0.15) is 23.2 Å². The van der Waals surface area contributed by atoms with Gasteiger partial charge in [0.15, 0.2) is 5.72 Å². The highest BCUT2D eigenvalue weighted by Crippen LogP contribution is 2.45. The van der Waals surface area contributed by atoms with Gasteiger partial charge in [0.2, 0.25) is 5.91 Å². The fraction of sp³-hybridized carbons (Fsp3) is 0.538. The molecular formula is C13H14N2O4. The van der Waals surface area contributed by atoms with Gasteiger partial charge in [0, 0.05) is 19.5 Å². The first-order chi connectivity index (χ1) is 9.22. The van der Waals surface area contributed by atoms with Crippen molar-refractivity contribution in [2.45, 2.75) is 24.6 Å². The summed E-state index contributed by atoms with van der Waals surface area (Å²) in [5.74, 6) is 0.00738. The van der Waals surface area contributed by atoms with Crippen molar-refractivity contribution >= 4 is 11.8 Å². The zero-order valence-corrected chi connectivity index (χ0v) is 10.4. The lowest BCUT2D eigenvalue weighted by molar-refractivity contribution is -0.136. The molecule has 0 unspecified atom stereocenters. The third kappa shape index (κ3) is 1.29. The summed E-state index contributed by atoms with van der Waals surface area (Å²) in [4.78, 5) is 28.0. The number of ether oxygens (including phenoxy) is 1. The number of hydrogen-bond acceptors (Lipinski definition) is 4. The molecule has 6 heteroatoms. The van der Waals surface area contributed by atoms with Gasteiger partial charge in [0.1, 0.15) is 6.26 Å². The molecule has 1 spiro atoms. The molecule has 0 N–H and O–H groups in total. The standard InChI is InChI=1S/C13H14N2O4/c16-11-7-10-13(15(11)4-6-19-13)2-3-14(10)12(17)9-1-5-18-8-9/h1,5,8,10H,2-4,6-7H2/t10-,13+/m1/s1. The van der Waals surface area contributed by atoms with E-state index in [1.165, 1.54) is 12.5 Å². The van der Waals surface area contributed by atoms with Crippen molar-refractivity contribution in [2.75, 3.05) is 19.7 Å². The maximum atomic E-state index is 12.4. The third-order valence-corrected chi connectivity index (χ3v) is 4.43. The lowest BCUT2D eigenvalue weighted by Gasteiger charge is -2.31. The van der Waals surface area contributed by atoms with Gasteiger partial charge < -0.3 is 19.0 Å². The molecule has 0 saturated carbocycles. The number of hydrogen-bond donors (Lipinski definition) is 0. The van der Waals surface area contributed by atoms with Crippen LogP contribution < -0.4 is 0 Å². The fourth-order valence-corrected chi connectivity index (χ4v) is 3.59. The normalized spacial score (nSPS) is 32.8. The Morgan fingerprint density at radius 2 is 2.32 bits per heavy atom. The molecule has 4 heterocycles. The van der Waals surface area contributed by atoms with Gasteiger partial charge in [-0.25, -0.2) is 0 Å². The van der Waals surface area contributed by atoms with Gasteiger partial charge >= 0.3 is 0 Å². The molecule has 2 atom stereocenters. The van der Waals surface area contributed by atoms with Crippen LogP contribution in [0.4, 0.5) is 0 Å². The van der Waals surface area contributed by atoms with Gasteiger partial charge in [-0.3, -0.25) is 9.59 Å². The molecule has 3 saturated heterocycles. The first-order valence-corrected chi connectivity index (χ1v) is 6.50. The van der Waals surface area contributed by atoms with E-state index in [1.54, 1.807) is 15.9 Å². The molecule has 19 heavy (non-hydrogen) atoms. The lowest BCUT2D eigenvalue weighted by Crippen LogP contribution is -2.48. The number of carbonyl (C=O) groups is 2. The van der Waals surface area contributed by atoms with Crippen LogP contribution in [0.3, 0.4) is 0 Å². The van der Waals surface area contributed by atoms with E-state index in [-0.39, 0.29) is 17.9 Å². The first kappa shape index (κ1) is 11.0. The molecule has 6 nitrogen and oxygen atoms in total. The second-order valence-electron chi connectivity index (χ2n) is 5.22. The molecule has 0 aromatic carbocycles. The third-order valence-electron chi connectivity index (χ3n) is 4.43. The van der Waals surface area contributed by atoms with Gasteiger partial charge in [-0.05, 0) is 6.07 Å². The van der Waals surface area contributed by atoms with E-state index >= 15 is 0 Å². The van der Waals surface area contributed by atoms with Crippen molar-refractivity contribution in [3.63, 3.8) is 0 Å². The van der Waals surface area contributed by atoms with Crippen LogP contribution in [-0.4, -0.2) is 53.1 Å². The van der Waals surface area contributed by atoms with E-state index in [0.717, 1.165) is 0 Å². The number of likely N-dealkylation sites (tertiary alicyclic amines) is 1. The van der Waals surface area contributed by atoms with Crippen molar-refractivity contribution in [3.8, 4) is 0 Å². The topological polar surface area (TPSA) is 63.0 Å². The lowest BCUT2D eigenvalue weighted by atomic mass is 10.1. The Morgan fingerprint density at radius 1 is 1.42 bits per heavy atom. The van der Waals surface area contributed by atoms with Crippen molar-refractivity contribution in [1.82, 2.24) is 9.80 Å². The van der Waals surface area contributed by atoms with E-state index in [4.69, 9.17) is 9.15 Å². The highest BCUT2D eigenvalue weighted by molar-refractivity contribution is 5.95. The summed E-state index contributed by atoms with van der Waals surface area (Å²) in [5.41, 5.74) is -0.0304. The van der Waals surface area contributed by atoms with E-state index in [9.17, 15) is 9.59 Å². The molecule has 4 rings (SSSR count). The zero-order valence-electron chi connectivity index (χ0n) is 10.4. The van der Waals surface area contributed by atoms with Crippen molar-refractivity contribution in [2.24, 2.45) is 0 Å². The van der Waals surface area contributed by atoms with Crippen molar-refractivity contribution < 1.29 is 18.7 Å². The van der Waals surface area contributed by atoms with Crippen LogP contribution in [-0.2, 0) is 9.53 Å². The molecule has 3 aliphatic rings. The number of rotatable bonds is 1. The summed E-state index contributed by atoms with van der Waals surface area (Å²) < 4.78 is 10.8. The van der Waals surface area contributed by atoms with E-state index in [0.29, 0.717) is 38.1 Å². The zero-order chi connectivity index (χ0) is 13.0. The number of carbonyl (C=O) groups excluding carboxylic acids is 2. The monoisotopic (exact) mass is 262 g/mol.